The van der Waals surface area contributed by atoms with Crippen molar-refractivity contribution in [1.82, 2.24) is 4.31 Å². The zero-order chi connectivity index (χ0) is 10.8. The lowest BCUT2D eigenvalue weighted by Crippen LogP contribution is -2.43. The lowest BCUT2D eigenvalue weighted by Gasteiger charge is -2.31. The van der Waals surface area contributed by atoms with Gasteiger partial charge in [-0.1, -0.05) is 0 Å². The van der Waals surface area contributed by atoms with Gasteiger partial charge in [0.1, 0.15) is 0 Å². The Bertz CT molecular complexity index is 266. The third kappa shape index (κ3) is 2.46. The number of nitrogens with zero attached hydrogens (tertiary/aromatic N) is 1. The van der Waals surface area contributed by atoms with Crippen LogP contribution in [0.5, 0.6) is 0 Å². The Morgan fingerprint density at radius 2 is 1.79 bits per heavy atom. The molecule has 0 radical (unpaired) electrons. The summed E-state index contributed by atoms with van der Waals surface area (Å²) in [5.41, 5.74) is 0. The summed E-state index contributed by atoms with van der Waals surface area (Å²) in [4.78, 5) is 0. The third-order valence-electron chi connectivity index (χ3n) is 2.69. The second kappa shape index (κ2) is 4.59. The fourth-order valence-corrected chi connectivity index (χ4v) is 2.94. The van der Waals surface area contributed by atoms with Crippen LogP contribution in [0, 0.1) is 0 Å². The van der Waals surface area contributed by atoms with Crippen molar-refractivity contribution in [2.45, 2.75) is 38.0 Å². The van der Waals surface area contributed by atoms with Gasteiger partial charge >= 0.3 is 0 Å². The Morgan fingerprint density at radius 1 is 1.29 bits per heavy atom. The Labute approximate surface area is 86.3 Å². The van der Waals surface area contributed by atoms with Crippen LogP contribution in [-0.4, -0.2) is 44.3 Å². The normalized spacial score (nSPS) is 21.7. The van der Waals surface area contributed by atoms with Crippen molar-refractivity contribution in [3.05, 3.63) is 0 Å². The molecule has 1 rings (SSSR count). The fourth-order valence-electron chi connectivity index (χ4n) is 1.62. The van der Waals surface area contributed by atoms with E-state index >= 15 is 0 Å². The summed E-state index contributed by atoms with van der Waals surface area (Å²) in [6.45, 7) is 4.63. The van der Waals surface area contributed by atoms with Crippen LogP contribution in [0.2, 0.25) is 0 Å². The topological polar surface area (TPSA) is 46.6 Å². The first-order valence-electron chi connectivity index (χ1n) is 5.00. The van der Waals surface area contributed by atoms with E-state index < -0.39 is 10.0 Å². The second-order valence-corrected chi connectivity index (χ2v) is 6.42. The molecule has 0 aromatic carbocycles. The van der Waals surface area contributed by atoms with Gasteiger partial charge in [-0.3, -0.25) is 0 Å². The van der Waals surface area contributed by atoms with Crippen LogP contribution in [0.3, 0.4) is 0 Å². The summed E-state index contributed by atoms with van der Waals surface area (Å²) in [6, 6.07) is 0. The molecule has 1 aliphatic heterocycles. The van der Waals surface area contributed by atoms with Gasteiger partial charge in [-0.05, 0) is 26.7 Å². The molecule has 84 valence electrons. The van der Waals surface area contributed by atoms with Gasteiger partial charge in [-0.25, -0.2) is 12.7 Å². The largest absolute Gasteiger partial charge is 0.381 e. The van der Waals surface area contributed by atoms with E-state index in [1.54, 1.807) is 25.3 Å². The lowest BCUT2D eigenvalue weighted by atomic mass is 10.1. The second-order valence-electron chi connectivity index (χ2n) is 3.93. The zero-order valence-corrected chi connectivity index (χ0v) is 9.88. The minimum absolute atomic E-state index is 0.230. The van der Waals surface area contributed by atoms with Gasteiger partial charge in [0.2, 0.25) is 10.0 Å². The van der Waals surface area contributed by atoms with Crippen molar-refractivity contribution in [3.8, 4) is 0 Å². The van der Waals surface area contributed by atoms with E-state index in [-0.39, 0.29) is 11.4 Å². The Morgan fingerprint density at radius 3 is 2.14 bits per heavy atom. The van der Waals surface area contributed by atoms with Crippen molar-refractivity contribution in [1.29, 1.82) is 0 Å². The smallest absolute Gasteiger partial charge is 0.216 e. The number of piperidine rings is 1. The van der Waals surface area contributed by atoms with Gasteiger partial charge in [0.05, 0.1) is 11.4 Å². The molecule has 14 heavy (non-hydrogen) atoms. The number of sulfonamides is 1. The molecular formula is C9H19NO3S. The van der Waals surface area contributed by atoms with Crippen LogP contribution in [0.4, 0.5) is 0 Å². The molecule has 0 bridgehead atoms. The lowest BCUT2D eigenvalue weighted by molar-refractivity contribution is 0.0603. The Balaban J connectivity index is 2.58. The highest BCUT2D eigenvalue weighted by Crippen LogP contribution is 2.18. The van der Waals surface area contributed by atoms with E-state index in [0.29, 0.717) is 13.1 Å². The van der Waals surface area contributed by atoms with Gasteiger partial charge in [-0.15, -0.1) is 0 Å². The summed E-state index contributed by atoms with van der Waals surface area (Å²) in [6.07, 6.45) is 1.85. The zero-order valence-electron chi connectivity index (χ0n) is 9.06. The monoisotopic (exact) mass is 221 g/mol. The maximum atomic E-state index is 11.8. The molecule has 0 amide bonds. The third-order valence-corrected chi connectivity index (χ3v) is 4.97. The van der Waals surface area contributed by atoms with Crippen LogP contribution in [-0.2, 0) is 14.8 Å². The van der Waals surface area contributed by atoms with E-state index in [9.17, 15) is 8.42 Å². The summed E-state index contributed by atoms with van der Waals surface area (Å²) in [5.74, 6) is 0. The first-order valence-corrected chi connectivity index (χ1v) is 6.50. The minimum Gasteiger partial charge on any atom is -0.381 e. The molecule has 5 heteroatoms. The highest BCUT2D eigenvalue weighted by atomic mass is 32.2. The summed E-state index contributed by atoms with van der Waals surface area (Å²) in [7, 11) is -1.38. The van der Waals surface area contributed by atoms with Gasteiger partial charge in [-0.2, -0.15) is 0 Å². The fraction of sp³-hybridized carbons (Fsp3) is 1.00. The first-order chi connectivity index (χ1) is 6.48. The van der Waals surface area contributed by atoms with E-state index in [0.717, 1.165) is 12.8 Å². The summed E-state index contributed by atoms with van der Waals surface area (Å²) in [5, 5.41) is -0.318. The number of hydrogen-bond donors (Lipinski definition) is 0. The summed E-state index contributed by atoms with van der Waals surface area (Å²) < 4.78 is 30.3. The average molecular weight is 221 g/mol. The molecule has 0 N–H and O–H groups in total. The molecule has 0 aromatic heterocycles. The molecule has 0 aliphatic carbocycles. The number of rotatable bonds is 3. The molecule has 1 fully saturated rings. The average Bonchev–Trinajstić information content (AvgIpc) is 2.17. The van der Waals surface area contributed by atoms with Crippen LogP contribution in [0.25, 0.3) is 0 Å². The molecule has 1 saturated heterocycles. The molecule has 1 aliphatic rings. The maximum absolute atomic E-state index is 11.8. The van der Waals surface area contributed by atoms with Crippen molar-refractivity contribution in [2.75, 3.05) is 20.2 Å². The standard InChI is InChI=1S/C9H19NO3S/c1-8(2)14(11,12)10-6-4-9(13-3)5-7-10/h8-9H,4-7H2,1-3H3. The molecule has 0 aromatic rings. The Kier molecular flexibility index (Phi) is 3.92. The molecule has 0 atom stereocenters. The highest BCUT2D eigenvalue weighted by Gasteiger charge is 2.29. The van der Waals surface area contributed by atoms with Crippen molar-refractivity contribution < 1.29 is 13.2 Å². The van der Waals surface area contributed by atoms with Crippen LogP contribution in [0.15, 0.2) is 0 Å². The van der Waals surface area contributed by atoms with Gasteiger partial charge in [0, 0.05) is 20.2 Å². The van der Waals surface area contributed by atoms with Crippen LogP contribution < -0.4 is 0 Å². The highest BCUT2D eigenvalue weighted by molar-refractivity contribution is 7.89. The predicted octanol–water partition coefficient (Wildman–Crippen LogP) is 0.835. The maximum Gasteiger partial charge on any atom is 0.216 e. The number of ether oxygens (including phenoxy) is 1. The molecule has 0 spiro atoms. The van der Waals surface area contributed by atoms with E-state index in [4.69, 9.17) is 4.74 Å². The minimum atomic E-state index is -3.05. The van der Waals surface area contributed by atoms with Crippen molar-refractivity contribution in [3.63, 3.8) is 0 Å². The van der Waals surface area contributed by atoms with Crippen molar-refractivity contribution in [2.24, 2.45) is 0 Å². The number of methoxy groups -OCH3 is 1. The van der Waals surface area contributed by atoms with Crippen LogP contribution >= 0.6 is 0 Å². The van der Waals surface area contributed by atoms with E-state index in [1.807, 2.05) is 0 Å². The van der Waals surface area contributed by atoms with Gasteiger partial charge < -0.3 is 4.74 Å². The van der Waals surface area contributed by atoms with E-state index in [1.165, 1.54) is 0 Å². The molecule has 1 heterocycles. The summed E-state index contributed by atoms with van der Waals surface area (Å²) >= 11 is 0. The molecular weight excluding hydrogens is 202 g/mol. The SMILES string of the molecule is COC1CCN(S(=O)(=O)C(C)C)CC1. The molecule has 0 saturated carbocycles. The van der Waals surface area contributed by atoms with Gasteiger partial charge in [0.15, 0.2) is 0 Å². The Hall–Kier alpha value is -0.130. The van der Waals surface area contributed by atoms with Crippen molar-refractivity contribution >= 4 is 10.0 Å². The van der Waals surface area contributed by atoms with E-state index in [2.05, 4.69) is 0 Å². The quantitative estimate of drug-likeness (QED) is 0.709. The van der Waals surface area contributed by atoms with Gasteiger partial charge in [0.25, 0.3) is 0 Å². The molecule has 0 unspecified atom stereocenters. The number of hydrogen-bond acceptors (Lipinski definition) is 3. The van der Waals surface area contributed by atoms with Crippen LogP contribution in [0.1, 0.15) is 26.7 Å². The predicted molar refractivity (Wildman–Crippen MR) is 55.7 cm³/mol. The first kappa shape index (κ1) is 11.9. The molecule has 4 nitrogen and oxygen atoms in total.